The molecule has 172 valence electrons. The first-order valence-electron chi connectivity index (χ1n) is 12.1. The van der Waals surface area contributed by atoms with E-state index in [1.54, 1.807) is 0 Å². The second-order valence-corrected chi connectivity index (χ2v) is 10.5. The summed E-state index contributed by atoms with van der Waals surface area (Å²) in [5.41, 5.74) is 5.44. The molecule has 6 aromatic rings. The zero-order valence-corrected chi connectivity index (χ0v) is 20.3. The molecule has 0 bridgehead atoms. The summed E-state index contributed by atoms with van der Waals surface area (Å²) in [5, 5.41) is 4.61. The van der Waals surface area contributed by atoms with Crippen LogP contribution in [0.15, 0.2) is 89.3 Å². The first-order chi connectivity index (χ1) is 16.8. The van der Waals surface area contributed by atoms with Crippen molar-refractivity contribution in [2.24, 2.45) is 0 Å². The fourth-order valence-corrected chi connectivity index (χ4v) is 5.24. The van der Waals surface area contributed by atoms with Crippen LogP contribution in [0.2, 0.25) is 0 Å². The summed E-state index contributed by atoms with van der Waals surface area (Å²) in [4.78, 5) is 0. The molecule has 3 heterocycles. The molecule has 7 rings (SSSR count). The van der Waals surface area contributed by atoms with Crippen LogP contribution >= 0.6 is 0 Å². The van der Waals surface area contributed by atoms with Crippen molar-refractivity contribution in [3.05, 3.63) is 84.9 Å². The van der Waals surface area contributed by atoms with Crippen molar-refractivity contribution >= 4 is 56.3 Å². The van der Waals surface area contributed by atoms with Crippen molar-refractivity contribution < 1.29 is 13.7 Å². The Labute approximate surface area is 204 Å². The average molecular weight is 459 g/mol. The second kappa shape index (κ2) is 7.00. The highest BCUT2D eigenvalue weighted by molar-refractivity contribution is 6.62. The van der Waals surface area contributed by atoms with Gasteiger partial charge in [0.2, 0.25) is 0 Å². The van der Waals surface area contributed by atoms with Crippen LogP contribution in [-0.4, -0.2) is 22.9 Å². The van der Waals surface area contributed by atoms with Gasteiger partial charge in [-0.1, -0.05) is 48.5 Å². The minimum Gasteiger partial charge on any atom is -0.456 e. The molecule has 1 aliphatic heterocycles. The van der Waals surface area contributed by atoms with Crippen molar-refractivity contribution in [1.82, 2.24) is 4.57 Å². The van der Waals surface area contributed by atoms with E-state index in [0.717, 1.165) is 44.1 Å². The third-order valence-corrected chi connectivity index (χ3v) is 7.83. The molecule has 0 N–H and O–H groups in total. The predicted octanol–water partition coefficient (Wildman–Crippen LogP) is 6.98. The van der Waals surface area contributed by atoms with Crippen molar-refractivity contribution in [3.63, 3.8) is 0 Å². The van der Waals surface area contributed by atoms with E-state index in [1.165, 1.54) is 10.8 Å². The monoisotopic (exact) mass is 459 g/mol. The number of fused-ring (bicyclic) bond motifs is 6. The molecule has 0 amide bonds. The normalized spacial score (nSPS) is 17.3. The molecule has 4 aromatic carbocycles. The van der Waals surface area contributed by atoms with Gasteiger partial charge in [0, 0.05) is 33.3 Å². The number of benzene rings is 4. The summed E-state index contributed by atoms with van der Waals surface area (Å²) in [6, 6.07) is 29.7. The van der Waals surface area contributed by atoms with Crippen LogP contribution in [0.5, 0.6) is 0 Å². The Morgan fingerprint density at radius 2 is 1.29 bits per heavy atom. The lowest BCUT2D eigenvalue weighted by Crippen LogP contribution is -2.41. The second-order valence-electron chi connectivity index (χ2n) is 10.5. The molecule has 0 radical (unpaired) electrons. The Bertz CT molecular complexity index is 1740. The standard InChI is InChI=1S/C30H26BNO3/c1-29(2)30(3,4)35-31(34-29)19-14-15-25-22(16-19)23-17-24-21-12-8-9-13-27(21)33-28(24)18-26(23)32(25)20-10-6-5-7-11-20/h5-18H,1-4H3. The number of furan rings is 1. The molecule has 0 atom stereocenters. The van der Waals surface area contributed by atoms with Gasteiger partial charge in [-0.2, -0.15) is 0 Å². The molecule has 0 aliphatic carbocycles. The Balaban J connectivity index is 1.53. The average Bonchev–Trinajstić information content (AvgIpc) is 3.44. The van der Waals surface area contributed by atoms with E-state index in [9.17, 15) is 0 Å². The lowest BCUT2D eigenvalue weighted by atomic mass is 9.78. The van der Waals surface area contributed by atoms with Gasteiger partial charge in [0.15, 0.2) is 0 Å². The highest BCUT2D eigenvalue weighted by Crippen LogP contribution is 2.39. The van der Waals surface area contributed by atoms with Gasteiger partial charge in [0.25, 0.3) is 0 Å². The van der Waals surface area contributed by atoms with Gasteiger partial charge in [-0.25, -0.2) is 0 Å². The predicted molar refractivity (Wildman–Crippen MR) is 144 cm³/mol. The topological polar surface area (TPSA) is 36.5 Å². The van der Waals surface area contributed by atoms with E-state index >= 15 is 0 Å². The maximum atomic E-state index is 6.37. The summed E-state index contributed by atoms with van der Waals surface area (Å²) in [6.45, 7) is 8.36. The molecule has 35 heavy (non-hydrogen) atoms. The van der Waals surface area contributed by atoms with E-state index in [0.29, 0.717) is 0 Å². The van der Waals surface area contributed by atoms with Crippen LogP contribution in [0.25, 0.3) is 49.4 Å². The largest absolute Gasteiger partial charge is 0.494 e. The fraction of sp³-hybridized carbons (Fsp3) is 0.200. The molecule has 0 spiro atoms. The van der Waals surface area contributed by atoms with Gasteiger partial charge >= 0.3 is 7.12 Å². The van der Waals surface area contributed by atoms with Gasteiger partial charge in [0.1, 0.15) is 11.2 Å². The van der Waals surface area contributed by atoms with E-state index in [2.05, 4.69) is 99.0 Å². The van der Waals surface area contributed by atoms with Crippen LogP contribution in [0, 0.1) is 0 Å². The molecule has 1 fully saturated rings. The molecule has 4 nitrogen and oxygen atoms in total. The molecule has 2 aromatic heterocycles. The van der Waals surface area contributed by atoms with Gasteiger partial charge in [-0.3, -0.25) is 0 Å². The van der Waals surface area contributed by atoms with E-state index in [1.807, 2.05) is 18.2 Å². The quantitative estimate of drug-likeness (QED) is 0.262. The lowest BCUT2D eigenvalue weighted by molar-refractivity contribution is 0.00578. The SMILES string of the molecule is CC1(C)OB(c2ccc3c(c2)c2cc4c(cc2n3-c2ccccc2)oc2ccccc24)OC1(C)C. The number of aromatic nitrogens is 1. The van der Waals surface area contributed by atoms with Crippen LogP contribution in [0.1, 0.15) is 27.7 Å². The fourth-order valence-electron chi connectivity index (χ4n) is 5.24. The molecule has 1 aliphatic rings. The zero-order chi connectivity index (χ0) is 23.9. The maximum absolute atomic E-state index is 6.37. The highest BCUT2D eigenvalue weighted by Gasteiger charge is 2.51. The van der Waals surface area contributed by atoms with Gasteiger partial charge in [-0.05, 0) is 63.5 Å². The molecule has 1 saturated heterocycles. The number of para-hydroxylation sites is 2. The first-order valence-corrected chi connectivity index (χ1v) is 12.1. The highest BCUT2D eigenvalue weighted by atomic mass is 16.7. The molecule has 5 heteroatoms. The molecular weight excluding hydrogens is 433 g/mol. The summed E-state index contributed by atoms with van der Waals surface area (Å²) < 4.78 is 21.3. The maximum Gasteiger partial charge on any atom is 0.494 e. The summed E-state index contributed by atoms with van der Waals surface area (Å²) in [6.07, 6.45) is 0. The van der Waals surface area contributed by atoms with Crippen LogP contribution in [0.4, 0.5) is 0 Å². The number of rotatable bonds is 2. The summed E-state index contributed by atoms with van der Waals surface area (Å²) in [5.74, 6) is 0. The minimum absolute atomic E-state index is 0.382. The summed E-state index contributed by atoms with van der Waals surface area (Å²) >= 11 is 0. The van der Waals surface area contributed by atoms with Gasteiger partial charge in [0.05, 0.1) is 22.2 Å². The Kier molecular flexibility index (Phi) is 4.16. The Morgan fingerprint density at radius 3 is 2.06 bits per heavy atom. The number of hydrogen-bond donors (Lipinski definition) is 0. The minimum atomic E-state index is -0.405. The molecule has 0 unspecified atom stereocenters. The number of hydrogen-bond acceptors (Lipinski definition) is 3. The Hall–Kier alpha value is -3.54. The van der Waals surface area contributed by atoms with Gasteiger partial charge in [-0.15, -0.1) is 0 Å². The first kappa shape index (κ1) is 20.8. The van der Waals surface area contributed by atoms with E-state index in [4.69, 9.17) is 13.7 Å². The smallest absolute Gasteiger partial charge is 0.456 e. The van der Waals surface area contributed by atoms with E-state index < -0.39 is 7.12 Å². The van der Waals surface area contributed by atoms with Crippen LogP contribution in [-0.2, 0) is 9.31 Å². The number of nitrogens with zero attached hydrogens (tertiary/aromatic N) is 1. The van der Waals surface area contributed by atoms with Crippen LogP contribution < -0.4 is 5.46 Å². The summed E-state index contributed by atoms with van der Waals surface area (Å²) in [7, 11) is -0.405. The molecule has 0 saturated carbocycles. The van der Waals surface area contributed by atoms with Crippen molar-refractivity contribution in [3.8, 4) is 5.69 Å². The van der Waals surface area contributed by atoms with Crippen molar-refractivity contribution in [2.45, 2.75) is 38.9 Å². The zero-order valence-electron chi connectivity index (χ0n) is 20.3. The van der Waals surface area contributed by atoms with Gasteiger partial charge < -0.3 is 18.3 Å². The third kappa shape index (κ3) is 2.95. The van der Waals surface area contributed by atoms with Crippen LogP contribution in [0.3, 0.4) is 0 Å². The third-order valence-electron chi connectivity index (χ3n) is 7.83. The Morgan fingerprint density at radius 1 is 0.600 bits per heavy atom. The van der Waals surface area contributed by atoms with E-state index in [-0.39, 0.29) is 11.2 Å². The van der Waals surface area contributed by atoms with Crippen molar-refractivity contribution in [2.75, 3.05) is 0 Å². The molecular formula is C30H26BNO3. The van der Waals surface area contributed by atoms with Crippen molar-refractivity contribution in [1.29, 1.82) is 0 Å². The lowest BCUT2D eigenvalue weighted by Gasteiger charge is -2.32.